The van der Waals surface area contributed by atoms with E-state index in [0.717, 1.165) is 33.6 Å². The Morgan fingerprint density at radius 2 is 1.52 bits per heavy atom. The van der Waals surface area contributed by atoms with Crippen molar-refractivity contribution in [2.45, 2.75) is 27.4 Å². The first kappa shape index (κ1) is 27.6. The molecule has 5 nitrogen and oxygen atoms in total. The van der Waals surface area contributed by atoms with Crippen LogP contribution in [0.4, 0.5) is 11.4 Å². The van der Waals surface area contributed by atoms with Crippen LogP contribution in [0.15, 0.2) is 101 Å². The van der Waals surface area contributed by atoms with Crippen LogP contribution in [-0.4, -0.2) is 17.7 Å². The predicted octanol–water partition coefficient (Wildman–Crippen LogP) is 8.74. The number of thioether (sulfide) groups is 1. The summed E-state index contributed by atoms with van der Waals surface area (Å²) in [6, 6.07) is 29.1. The number of hydrogen-bond acceptors (Lipinski definition) is 5. The van der Waals surface area contributed by atoms with Crippen LogP contribution in [0.25, 0.3) is 6.08 Å². The van der Waals surface area contributed by atoms with Crippen LogP contribution in [0.1, 0.15) is 29.2 Å². The molecule has 1 aliphatic heterocycles. The molecule has 1 aliphatic rings. The Bertz CT molecular complexity index is 1560. The number of anilines is 1. The van der Waals surface area contributed by atoms with E-state index in [2.05, 4.69) is 0 Å². The van der Waals surface area contributed by atoms with Gasteiger partial charge in [-0.2, -0.15) is 0 Å². The summed E-state index contributed by atoms with van der Waals surface area (Å²) in [6.45, 7) is 6.86. The van der Waals surface area contributed by atoms with Crippen LogP contribution in [0.3, 0.4) is 0 Å². The van der Waals surface area contributed by atoms with Crippen molar-refractivity contribution in [2.75, 3.05) is 11.5 Å². The Kier molecular flexibility index (Phi) is 8.58. The fraction of sp³-hybridized carbons (Fsp3) is 0.152. The fourth-order valence-corrected chi connectivity index (χ4v) is 5.22. The number of hydrogen-bond donors (Lipinski definition) is 0. The average molecular weight is 569 g/mol. The first-order valence-corrected chi connectivity index (χ1v) is 14.2. The van der Waals surface area contributed by atoms with E-state index in [4.69, 9.17) is 26.1 Å². The molecule has 7 heteroatoms. The number of carbonyl (C=O) groups is 1. The minimum atomic E-state index is -0.124. The molecule has 0 unspecified atom stereocenters. The van der Waals surface area contributed by atoms with E-state index >= 15 is 0 Å². The number of rotatable bonds is 8. The predicted molar refractivity (Wildman–Crippen MR) is 166 cm³/mol. The smallest absolute Gasteiger partial charge is 0.271 e. The third-order valence-electron chi connectivity index (χ3n) is 6.23. The summed E-state index contributed by atoms with van der Waals surface area (Å²) in [5.74, 6) is 1.12. The second-order valence-corrected chi connectivity index (χ2v) is 10.8. The van der Waals surface area contributed by atoms with Gasteiger partial charge in [0.1, 0.15) is 6.61 Å². The lowest BCUT2D eigenvalue weighted by Gasteiger charge is -2.16. The maximum Gasteiger partial charge on any atom is 0.271 e. The van der Waals surface area contributed by atoms with Crippen LogP contribution >= 0.6 is 23.4 Å². The molecular formula is C33H29ClN2O3S. The third kappa shape index (κ3) is 6.58. The molecule has 0 aromatic heterocycles. The zero-order valence-corrected chi connectivity index (χ0v) is 24.1. The number of amides is 1. The standard InChI is InChI=1S/C33H29ClN2O3S/c1-4-38-30-19-25(11-18-29(30)39-21-24-9-12-26(34)13-10-24)20-31-32(37)36(28-16-7-23(3)8-17-28)33(40-31)35-27-14-5-22(2)6-15-27/h5-20H,4,21H2,1-3H3/b31-20-,35-33?. The summed E-state index contributed by atoms with van der Waals surface area (Å²) in [5, 5.41) is 1.29. The van der Waals surface area contributed by atoms with E-state index in [1.807, 2.05) is 118 Å². The molecule has 4 aromatic rings. The third-order valence-corrected chi connectivity index (χ3v) is 7.45. The van der Waals surface area contributed by atoms with Gasteiger partial charge in [0.05, 0.1) is 22.9 Å². The van der Waals surface area contributed by atoms with Crippen molar-refractivity contribution in [1.82, 2.24) is 0 Å². The van der Waals surface area contributed by atoms with Gasteiger partial charge < -0.3 is 9.47 Å². The minimum absolute atomic E-state index is 0.124. The zero-order chi connectivity index (χ0) is 28.1. The van der Waals surface area contributed by atoms with Gasteiger partial charge in [-0.25, -0.2) is 4.99 Å². The van der Waals surface area contributed by atoms with Crippen molar-refractivity contribution in [2.24, 2.45) is 4.99 Å². The highest BCUT2D eigenvalue weighted by atomic mass is 35.5. The van der Waals surface area contributed by atoms with Gasteiger partial charge in [-0.3, -0.25) is 9.69 Å². The second kappa shape index (κ2) is 12.5. The molecule has 5 rings (SSSR count). The summed E-state index contributed by atoms with van der Waals surface area (Å²) >= 11 is 7.35. The molecule has 1 heterocycles. The summed E-state index contributed by atoms with van der Waals surface area (Å²) in [5.41, 5.74) is 5.68. The maximum atomic E-state index is 13.7. The van der Waals surface area contributed by atoms with Gasteiger partial charge in [-0.05, 0) is 98.3 Å². The Morgan fingerprint density at radius 3 is 2.20 bits per heavy atom. The fourth-order valence-electron chi connectivity index (χ4n) is 4.10. The second-order valence-electron chi connectivity index (χ2n) is 9.37. The number of benzene rings is 4. The minimum Gasteiger partial charge on any atom is -0.490 e. The van der Waals surface area contributed by atoms with E-state index in [-0.39, 0.29) is 5.91 Å². The highest BCUT2D eigenvalue weighted by Gasteiger charge is 2.34. The summed E-state index contributed by atoms with van der Waals surface area (Å²) in [7, 11) is 0. The SMILES string of the molecule is CCOc1cc(/C=C2\SC(=Nc3ccc(C)cc3)N(c3ccc(C)cc3)C2=O)ccc1OCc1ccc(Cl)cc1. The Labute approximate surface area is 244 Å². The van der Waals surface area contributed by atoms with Crippen molar-refractivity contribution >= 4 is 51.9 Å². The van der Waals surface area contributed by atoms with Crippen molar-refractivity contribution in [3.63, 3.8) is 0 Å². The molecule has 0 saturated carbocycles. The Hall–Kier alpha value is -4.00. The molecule has 0 radical (unpaired) electrons. The highest BCUT2D eigenvalue weighted by molar-refractivity contribution is 8.19. The quantitative estimate of drug-likeness (QED) is 0.199. The van der Waals surface area contributed by atoms with E-state index < -0.39 is 0 Å². The molecule has 4 aromatic carbocycles. The first-order chi connectivity index (χ1) is 19.4. The van der Waals surface area contributed by atoms with Gasteiger partial charge in [-0.15, -0.1) is 0 Å². The van der Waals surface area contributed by atoms with Crippen LogP contribution in [0, 0.1) is 13.8 Å². The lowest BCUT2D eigenvalue weighted by Crippen LogP contribution is -2.28. The van der Waals surface area contributed by atoms with Gasteiger partial charge in [-0.1, -0.05) is 65.2 Å². The number of nitrogens with zero attached hydrogens (tertiary/aromatic N) is 2. The number of halogens is 1. The number of carbonyl (C=O) groups excluding carboxylic acids is 1. The van der Waals surface area contributed by atoms with Gasteiger partial charge in [0.15, 0.2) is 16.7 Å². The van der Waals surface area contributed by atoms with Gasteiger partial charge >= 0.3 is 0 Å². The number of amidine groups is 1. The van der Waals surface area contributed by atoms with Crippen molar-refractivity contribution in [3.05, 3.63) is 123 Å². The monoisotopic (exact) mass is 568 g/mol. The lowest BCUT2D eigenvalue weighted by atomic mass is 10.1. The van der Waals surface area contributed by atoms with E-state index in [9.17, 15) is 4.79 Å². The largest absolute Gasteiger partial charge is 0.490 e. The van der Waals surface area contributed by atoms with Crippen molar-refractivity contribution < 1.29 is 14.3 Å². The van der Waals surface area contributed by atoms with Crippen LogP contribution < -0.4 is 14.4 Å². The molecular weight excluding hydrogens is 540 g/mol. The zero-order valence-electron chi connectivity index (χ0n) is 22.6. The lowest BCUT2D eigenvalue weighted by molar-refractivity contribution is -0.113. The van der Waals surface area contributed by atoms with Gasteiger partial charge in [0.2, 0.25) is 0 Å². The number of aliphatic imine (C=N–C) groups is 1. The number of ether oxygens (including phenoxy) is 2. The molecule has 0 aliphatic carbocycles. The van der Waals surface area contributed by atoms with Gasteiger partial charge in [0, 0.05) is 5.02 Å². The van der Waals surface area contributed by atoms with Crippen LogP contribution in [0.5, 0.6) is 11.5 Å². The molecule has 0 spiro atoms. The molecule has 202 valence electrons. The van der Waals surface area contributed by atoms with E-state index in [0.29, 0.717) is 39.8 Å². The van der Waals surface area contributed by atoms with Crippen molar-refractivity contribution in [3.8, 4) is 11.5 Å². The molecule has 0 atom stereocenters. The van der Waals surface area contributed by atoms with E-state index in [1.165, 1.54) is 11.8 Å². The number of aryl methyl sites for hydroxylation is 2. The molecule has 40 heavy (non-hydrogen) atoms. The van der Waals surface area contributed by atoms with Crippen molar-refractivity contribution in [1.29, 1.82) is 0 Å². The first-order valence-electron chi connectivity index (χ1n) is 13.0. The molecule has 1 amide bonds. The molecule has 0 bridgehead atoms. The van der Waals surface area contributed by atoms with E-state index in [1.54, 1.807) is 4.90 Å². The Balaban J connectivity index is 1.44. The normalized spacial score (nSPS) is 15.2. The summed E-state index contributed by atoms with van der Waals surface area (Å²) in [4.78, 5) is 20.8. The van der Waals surface area contributed by atoms with Gasteiger partial charge in [0.25, 0.3) is 5.91 Å². The maximum absolute atomic E-state index is 13.7. The topological polar surface area (TPSA) is 51.1 Å². The highest BCUT2D eigenvalue weighted by Crippen LogP contribution is 2.38. The molecule has 0 N–H and O–H groups in total. The molecule has 1 fully saturated rings. The summed E-state index contributed by atoms with van der Waals surface area (Å²) in [6.07, 6.45) is 1.87. The van der Waals surface area contributed by atoms with Crippen LogP contribution in [0.2, 0.25) is 5.02 Å². The molecule has 1 saturated heterocycles. The Morgan fingerprint density at radius 1 is 0.850 bits per heavy atom. The summed E-state index contributed by atoms with van der Waals surface area (Å²) < 4.78 is 11.9. The average Bonchev–Trinajstić information content (AvgIpc) is 3.25. The van der Waals surface area contributed by atoms with Crippen LogP contribution in [-0.2, 0) is 11.4 Å².